The van der Waals surface area contributed by atoms with Crippen molar-refractivity contribution in [2.45, 2.75) is 39.2 Å². The van der Waals surface area contributed by atoms with Crippen LogP contribution in [0.15, 0.2) is 0 Å². The third-order valence-corrected chi connectivity index (χ3v) is 3.37. The molecule has 1 aliphatic rings. The van der Waals surface area contributed by atoms with Crippen LogP contribution in [0.2, 0.25) is 0 Å². The molecule has 0 spiro atoms. The SMILES string of the molecule is CC(C)[C@@H](N)C(=O)N1CCCC(CCO)C1. The lowest BCUT2D eigenvalue weighted by atomic mass is 9.94. The first-order valence-electron chi connectivity index (χ1n) is 6.21. The van der Waals surface area contributed by atoms with Gasteiger partial charge in [0.15, 0.2) is 0 Å². The Morgan fingerprint density at radius 3 is 2.81 bits per heavy atom. The van der Waals surface area contributed by atoms with Gasteiger partial charge in [0.1, 0.15) is 0 Å². The third kappa shape index (κ3) is 3.46. The first-order valence-corrected chi connectivity index (χ1v) is 6.21. The molecule has 1 amide bonds. The number of aliphatic hydroxyl groups is 1. The van der Waals surface area contributed by atoms with Gasteiger partial charge in [-0.25, -0.2) is 0 Å². The Morgan fingerprint density at radius 1 is 1.56 bits per heavy atom. The van der Waals surface area contributed by atoms with E-state index in [1.807, 2.05) is 18.7 Å². The number of amides is 1. The molecule has 4 heteroatoms. The number of aliphatic hydroxyl groups excluding tert-OH is 1. The van der Waals surface area contributed by atoms with Crippen LogP contribution in [0.3, 0.4) is 0 Å². The van der Waals surface area contributed by atoms with Crippen molar-refractivity contribution in [3.05, 3.63) is 0 Å². The highest BCUT2D eigenvalue weighted by molar-refractivity contribution is 5.82. The molecule has 0 aromatic rings. The highest BCUT2D eigenvalue weighted by Crippen LogP contribution is 2.20. The average Bonchev–Trinajstić information content (AvgIpc) is 2.28. The summed E-state index contributed by atoms with van der Waals surface area (Å²) in [5.41, 5.74) is 5.87. The van der Waals surface area contributed by atoms with E-state index < -0.39 is 0 Å². The summed E-state index contributed by atoms with van der Waals surface area (Å²) in [5, 5.41) is 8.91. The van der Waals surface area contributed by atoms with E-state index >= 15 is 0 Å². The Bertz CT molecular complexity index is 229. The van der Waals surface area contributed by atoms with Crippen LogP contribution in [-0.2, 0) is 4.79 Å². The summed E-state index contributed by atoms with van der Waals surface area (Å²) in [4.78, 5) is 13.9. The van der Waals surface area contributed by atoms with Crippen molar-refractivity contribution in [3.63, 3.8) is 0 Å². The molecule has 1 saturated heterocycles. The van der Waals surface area contributed by atoms with Gasteiger partial charge in [-0.2, -0.15) is 0 Å². The van der Waals surface area contributed by atoms with Crippen molar-refractivity contribution < 1.29 is 9.90 Å². The predicted octanol–water partition coefficient (Wildman–Crippen LogP) is 0.591. The number of hydrogen-bond acceptors (Lipinski definition) is 3. The fourth-order valence-electron chi connectivity index (χ4n) is 2.18. The van der Waals surface area contributed by atoms with Crippen molar-refractivity contribution in [1.82, 2.24) is 4.90 Å². The van der Waals surface area contributed by atoms with Gasteiger partial charge in [0.2, 0.25) is 5.91 Å². The summed E-state index contributed by atoms with van der Waals surface area (Å²) < 4.78 is 0. The van der Waals surface area contributed by atoms with E-state index in [0.29, 0.717) is 5.92 Å². The second kappa shape index (κ2) is 6.21. The quantitative estimate of drug-likeness (QED) is 0.740. The molecule has 1 aliphatic heterocycles. The minimum atomic E-state index is -0.382. The average molecular weight is 228 g/mol. The second-order valence-electron chi connectivity index (χ2n) is 5.07. The standard InChI is InChI=1S/C12H24N2O2/c1-9(2)11(13)12(16)14-6-3-4-10(8-14)5-7-15/h9-11,15H,3-8,13H2,1-2H3/t10?,11-/m1/s1. The Morgan fingerprint density at radius 2 is 2.25 bits per heavy atom. The van der Waals surface area contributed by atoms with E-state index in [0.717, 1.165) is 32.4 Å². The fourth-order valence-corrected chi connectivity index (χ4v) is 2.18. The second-order valence-corrected chi connectivity index (χ2v) is 5.07. The molecule has 94 valence electrons. The molecule has 0 aromatic heterocycles. The molecule has 0 aromatic carbocycles. The zero-order chi connectivity index (χ0) is 12.1. The van der Waals surface area contributed by atoms with Crippen LogP contribution in [-0.4, -0.2) is 41.7 Å². The molecular weight excluding hydrogens is 204 g/mol. The Kier molecular flexibility index (Phi) is 5.22. The molecule has 4 nitrogen and oxygen atoms in total. The topological polar surface area (TPSA) is 66.6 Å². The number of hydrogen-bond donors (Lipinski definition) is 2. The van der Waals surface area contributed by atoms with Gasteiger partial charge in [-0.3, -0.25) is 4.79 Å². The Labute approximate surface area is 97.8 Å². The fraction of sp³-hybridized carbons (Fsp3) is 0.917. The van der Waals surface area contributed by atoms with Crippen LogP contribution in [0.5, 0.6) is 0 Å². The Hall–Kier alpha value is -0.610. The van der Waals surface area contributed by atoms with Crippen LogP contribution in [0.25, 0.3) is 0 Å². The van der Waals surface area contributed by atoms with Crippen molar-refractivity contribution in [2.75, 3.05) is 19.7 Å². The molecule has 16 heavy (non-hydrogen) atoms. The number of carbonyl (C=O) groups is 1. The highest BCUT2D eigenvalue weighted by Gasteiger charge is 2.27. The van der Waals surface area contributed by atoms with E-state index in [2.05, 4.69) is 0 Å². The summed E-state index contributed by atoms with van der Waals surface area (Å²) in [7, 11) is 0. The van der Waals surface area contributed by atoms with Crippen molar-refractivity contribution in [2.24, 2.45) is 17.6 Å². The van der Waals surface area contributed by atoms with E-state index in [1.54, 1.807) is 0 Å². The van der Waals surface area contributed by atoms with Crippen LogP contribution < -0.4 is 5.73 Å². The lowest BCUT2D eigenvalue weighted by Crippen LogP contribution is -2.50. The van der Waals surface area contributed by atoms with Crippen molar-refractivity contribution in [3.8, 4) is 0 Å². The molecule has 1 heterocycles. The lowest BCUT2D eigenvalue weighted by Gasteiger charge is -2.34. The number of nitrogens with two attached hydrogens (primary N) is 1. The maximum Gasteiger partial charge on any atom is 0.239 e. The van der Waals surface area contributed by atoms with E-state index in [9.17, 15) is 4.79 Å². The summed E-state index contributed by atoms with van der Waals surface area (Å²) >= 11 is 0. The van der Waals surface area contributed by atoms with Gasteiger partial charge in [-0.05, 0) is 31.1 Å². The predicted molar refractivity (Wildman–Crippen MR) is 63.8 cm³/mol. The molecule has 1 unspecified atom stereocenters. The maximum atomic E-state index is 12.0. The molecule has 1 fully saturated rings. The van der Waals surface area contributed by atoms with Gasteiger partial charge in [-0.15, -0.1) is 0 Å². The van der Waals surface area contributed by atoms with Crippen LogP contribution in [0.4, 0.5) is 0 Å². The summed E-state index contributed by atoms with van der Waals surface area (Å²) in [6.07, 6.45) is 2.93. The maximum absolute atomic E-state index is 12.0. The summed E-state index contributed by atoms with van der Waals surface area (Å²) in [6, 6.07) is -0.382. The zero-order valence-corrected chi connectivity index (χ0v) is 10.4. The monoisotopic (exact) mass is 228 g/mol. The molecule has 3 N–H and O–H groups in total. The number of piperidine rings is 1. The summed E-state index contributed by atoms with van der Waals surface area (Å²) in [5.74, 6) is 0.699. The molecule has 0 radical (unpaired) electrons. The number of rotatable bonds is 4. The van der Waals surface area contributed by atoms with Gasteiger partial charge < -0.3 is 15.7 Å². The van der Waals surface area contributed by atoms with Crippen LogP contribution in [0.1, 0.15) is 33.1 Å². The Balaban J connectivity index is 2.49. The number of carbonyl (C=O) groups excluding carboxylic acids is 1. The van der Waals surface area contributed by atoms with Gasteiger partial charge in [0.25, 0.3) is 0 Å². The number of likely N-dealkylation sites (tertiary alicyclic amines) is 1. The third-order valence-electron chi connectivity index (χ3n) is 3.37. The van der Waals surface area contributed by atoms with Crippen molar-refractivity contribution in [1.29, 1.82) is 0 Å². The molecule has 1 rings (SSSR count). The first-order chi connectivity index (χ1) is 7.56. The summed E-state index contributed by atoms with van der Waals surface area (Å²) in [6.45, 7) is 5.74. The van der Waals surface area contributed by atoms with Gasteiger partial charge in [0, 0.05) is 19.7 Å². The zero-order valence-electron chi connectivity index (χ0n) is 10.4. The first kappa shape index (κ1) is 13.5. The number of nitrogens with zero attached hydrogens (tertiary/aromatic N) is 1. The molecule has 0 saturated carbocycles. The van der Waals surface area contributed by atoms with Crippen LogP contribution >= 0.6 is 0 Å². The smallest absolute Gasteiger partial charge is 0.239 e. The molecule has 0 bridgehead atoms. The minimum Gasteiger partial charge on any atom is -0.396 e. The highest BCUT2D eigenvalue weighted by atomic mass is 16.3. The lowest BCUT2D eigenvalue weighted by molar-refractivity contribution is -0.135. The molecule has 0 aliphatic carbocycles. The van der Waals surface area contributed by atoms with E-state index in [1.165, 1.54) is 0 Å². The van der Waals surface area contributed by atoms with Gasteiger partial charge >= 0.3 is 0 Å². The van der Waals surface area contributed by atoms with E-state index in [-0.39, 0.29) is 24.5 Å². The van der Waals surface area contributed by atoms with Gasteiger partial charge in [0.05, 0.1) is 6.04 Å². The van der Waals surface area contributed by atoms with E-state index in [4.69, 9.17) is 10.8 Å². The molecular formula is C12H24N2O2. The van der Waals surface area contributed by atoms with Gasteiger partial charge in [-0.1, -0.05) is 13.8 Å². The normalized spacial score (nSPS) is 23.6. The largest absolute Gasteiger partial charge is 0.396 e. The molecule has 2 atom stereocenters. The van der Waals surface area contributed by atoms with Crippen LogP contribution in [0, 0.1) is 11.8 Å². The minimum absolute atomic E-state index is 0.0673. The van der Waals surface area contributed by atoms with Crippen molar-refractivity contribution >= 4 is 5.91 Å².